The van der Waals surface area contributed by atoms with Gasteiger partial charge in [-0.2, -0.15) is 0 Å². The van der Waals surface area contributed by atoms with E-state index in [0.29, 0.717) is 6.54 Å². The topological polar surface area (TPSA) is 88.2 Å². The van der Waals surface area contributed by atoms with Crippen LogP contribution in [-0.4, -0.2) is 41.5 Å². The van der Waals surface area contributed by atoms with Crippen LogP contribution in [0, 0.1) is 5.82 Å². The zero-order valence-electron chi connectivity index (χ0n) is 11.8. The van der Waals surface area contributed by atoms with Crippen LogP contribution in [0.15, 0.2) is 23.4 Å². The summed E-state index contributed by atoms with van der Waals surface area (Å²) in [6.07, 6.45) is 2.11. The Morgan fingerprint density at radius 2 is 2.29 bits per heavy atom. The largest absolute Gasteiger partial charge is 0.494 e. The number of benzene rings is 1. The highest BCUT2D eigenvalue weighted by Gasteiger charge is 2.33. The van der Waals surface area contributed by atoms with E-state index >= 15 is 0 Å². The molecule has 3 N–H and O–H groups in total. The highest BCUT2D eigenvalue weighted by atomic mass is 19.1. The minimum Gasteiger partial charge on any atom is -0.494 e. The van der Waals surface area contributed by atoms with E-state index in [2.05, 4.69) is 5.16 Å². The second-order valence-electron chi connectivity index (χ2n) is 4.92. The van der Waals surface area contributed by atoms with Crippen LogP contribution in [0.25, 0.3) is 0 Å². The zero-order chi connectivity index (χ0) is 15.4. The minimum atomic E-state index is -0.574. The van der Waals surface area contributed by atoms with E-state index in [4.69, 9.17) is 15.7 Å². The number of amidine groups is 1. The monoisotopic (exact) mass is 295 g/mol. The number of hydrogen-bond donors (Lipinski definition) is 2. The van der Waals surface area contributed by atoms with Gasteiger partial charge in [0.25, 0.3) is 5.91 Å². The van der Waals surface area contributed by atoms with Gasteiger partial charge in [0.2, 0.25) is 0 Å². The lowest BCUT2D eigenvalue weighted by atomic mass is 10.1. The fourth-order valence-electron chi connectivity index (χ4n) is 2.09. The van der Waals surface area contributed by atoms with Crippen LogP contribution in [0.1, 0.15) is 29.6 Å². The zero-order valence-corrected chi connectivity index (χ0v) is 11.8. The molecule has 0 saturated heterocycles. The maximum atomic E-state index is 13.7. The Hall–Kier alpha value is -2.31. The fraction of sp³-hybridized carbons (Fsp3) is 0.429. The van der Waals surface area contributed by atoms with Gasteiger partial charge in [0.15, 0.2) is 11.6 Å². The molecule has 0 atom stereocenters. The number of nitrogens with zero attached hydrogens (tertiary/aromatic N) is 2. The van der Waals surface area contributed by atoms with Crippen LogP contribution in [0.4, 0.5) is 4.39 Å². The van der Waals surface area contributed by atoms with Gasteiger partial charge in [-0.3, -0.25) is 4.79 Å². The summed E-state index contributed by atoms with van der Waals surface area (Å²) >= 11 is 0. The Labute approximate surface area is 122 Å². The highest BCUT2D eigenvalue weighted by molar-refractivity contribution is 5.95. The van der Waals surface area contributed by atoms with Gasteiger partial charge < -0.3 is 20.6 Å². The SMILES string of the molecule is COc1ccc(C(=O)N(CCC(N)=NO)C2CC2)cc1F. The average molecular weight is 295 g/mol. The fourth-order valence-corrected chi connectivity index (χ4v) is 2.09. The van der Waals surface area contributed by atoms with E-state index in [1.165, 1.54) is 25.3 Å². The van der Waals surface area contributed by atoms with E-state index in [1.807, 2.05) is 0 Å². The Morgan fingerprint density at radius 3 is 2.81 bits per heavy atom. The normalized spacial score (nSPS) is 14.9. The number of ether oxygens (including phenoxy) is 1. The maximum absolute atomic E-state index is 13.7. The molecule has 6 nitrogen and oxygen atoms in total. The summed E-state index contributed by atoms with van der Waals surface area (Å²) in [6, 6.07) is 4.27. The number of carbonyl (C=O) groups is 1. The molecular formula is C14H18FN3O3. The molecule has 0 radical (unpaired) electrons. The minimum absolute atomic E-state index is 0.0642. The quantitative estimate of drug-likeness (QED) is 0.361. The maximum Gasteiger partial charge on any atom is 0.254 e. The van der Waals surface area contributed by atoms with E-state index < -0.39 is 5.82 Å². The summed E-state index contributed by atoms with van der Waals surface area (Å²) < 4.78 is 18.5. The van der Waals surface area contributed by atoms with Crippen molar-refractivity contribution in [3.63, 3.8) is 0 Å². The summed E-state index contributed by atoms with van der Waals surface area (Å²) in [5.41, 5.74) is 5.69. The Morgan fingerprint density at radius 1 is 1.57 bits per heavy atom. The van der Waals surface area contributed by atoms with E-state index in [-0.39, 0.29) is 35.5 Å². The molecule has 1 aliphatic carbocycles. The standard InChI is InChI=1S/C14H18FN3O3/c1-21-12-5-2-9(8-11(12)15)14(19)18(10-3-4-10)7-6-13(16)17-20/h2,5,8,10,20H,3-4,6-7H2,1H3,(H2,16,17). The second-order valence-corrected chi connectivity index (χ2v) is 4.92. The Bertz CT molecular complexity index is 558. The van der Waals surface area contributed by atoms with Crippen molar-refractivity contribution < 1.29 is 19.1 Å². The third kappa shape index (κ3) is 3.62. The first-order chi connectivity index (χ1) is 10.1. The molecule has 0 aromatic heterocycles. The molecule has 1 aromatic carbocycles. The number of carbonyl (C=O) groups excluding carboxylic acids is 1. The van der Waals surface area contributed by atoms with Crippen molar-refractivity contribution in [1.82, 2.24) is 4.90 Å². The van der Waals surface area contributed by atoms with E-state index in [1.54, 1.807) is 4.90 Å². The first-order valence-corrected chi connectivity index (χ1v) is 6.67. The van der Waals surface area contributed by atoms with Gasteiger partial charge in [0.05, 0.1) is 7.11 Å². The Kier molecular flexibility index (Phi) is 4.62. The summed E-state index contributed by atoms with van der Waals surface area (Å²) in [6.45, 7) is 0.340. The number of hydrogen-bond acceptors (Lipinski definition) is 4. The van der Waals surface area contributed by atoms with Crippen molar-refractivity contribution >= 4 is 11.7 Å². The molecule has 0 bridgehead atoms. The van der Waals surface area contributed by atoms with Gasteiger partial charge in [-0.25, -0.2) is 4.39 Å². The summed E-state index contributed by atoms with van der Waals surface area (Å²) in [5.74, 6) is -0.670. The molecule has 0 unspecified atom stereocenters. The van der Waals surface area contributed by atoms with Crippen LogP contribution < -0.4 is 10.5 Å². The van der Waals surface area contributed by atoms with Crippen molar-refractivity contribution in [1.29, 1.82) is 0 Å². The van der Waals surface area contributed by atoms with Crippen molar-refractivity contribution in [3.8, 4) is 5.75 Å². The van der Waals surface area contributed by atoms with Crippen LogP contribution in [0.3, 0.4) is 0 Å². The number of rotatable bonds is 6. The molecule has 1 fully saturated rings. The Balaban J connectivity index is 2.12. The average Bonchev–Trinajstić information content (AvgIpc) is 3.31. The first-order valence-electron chi connectivity index (χ1n) is 6.67. The first kappa shape index (κ1) is 15.1. The molecule has 1 amide bonds. The molecule has 114 valence electrons. The third-order valence-electron chi connectivity index (χ3n) is 3.38. The van der Waals surface area contributed by atoms with Crippen LogP contribution in [-0.2, 0) is 0 Å². The second kappa shape index (κ2) is 6.43. The lowest BCUT2D eigenvalue weighted by Gasteiger charge is -2.22. The summed E-state index contributed by atoms with van der Waals surface area (Å²) in [5, 5.41) is 11.4. The number of halogens is 1. The van der Waals surface area contributed by atoms with Crippen LogP contribution in [0.5, 0.6) is 5.75 Å². The van der Waals surface area contributed by atoms with Crippen molar-refractivity contribution in [2.24, 2.45) is 10.9 Å². The molecule has 0 heterocycles. The predicted octanol–water partition coefficient (Wildman–Crippen LogP) is 1.58. The molecule has 1 aliphatic rings. The lowest BCUT2D eigenvalue weighted by Crippen LogP contribution is -2.36. The summed E-state index contributed by atoms with van der Waals surface area (Å²) in [7, 11) is 1.37. The molecule has 1 aromatic rings. The van der Waals surface area contributed by atoms with Crippen molar-refractivity contribution in [3.05, 3.63) is 29.6 Å². The third-order valence-corrected chi connectivity index (χ3v) is 3.38. The highest BCUT2D eigenvalue weighted by Crippen LogP contribution is 2.29. The number of amides is 1. The lowest BCUT2D eigenvalue weighted by molar-refractivity contribution is 0.0747. The molecular weight excluding hydrogens is 277 g/mol. The molecule has 0 aliphatic heterocycles. The summed E-state index contributed by atoms with van der Waals surface area (Å²) in [4.78, 5) is 14.1. The van der Waals surface area contributed by atoms with Crippen LogP contribution in [0.2, 0.25) is 0 Å². The van der Waals surface area contributed by atoms with Crippen LogP contribution >= 0.6 is 0 Å². The van der Waals surface area contributed by atoms with Gasteiger partial charge in [-0.15, -0.1) is 0 Å². The van der Waals surface area contributed by atoms with Gasteiger partial charge >= 0.3 is 0 Å². The molecule has 7 heteroatoms. The molecule has 0 spiro atoms. The van der Waals surface area contributed by atoms with Gasteiger partial charge in [-0.05, 0) is 31.0 Å². The number of nitrogens with two attached hydrogens (primary N) is 1. The van der Waals surface area contributed by atoms with E-state index in [0.717, 1.165) is 12.8 Å². The van der Waals surface area contributed by atoms with Gasteiger partial charge in [0.1, 0.15) is 5.84 Å². The van der Waals surface area contributed by atoms with Crippen molar-refractivity contribution in [2.45, 2.75) is 25.3 Å². The predicted molar refractivity (Wildman–Crippen MR) is 75.0 cm³/mol. The smallest absolute Gasteiger partial charge is 0.254 e. The molecule has 21 heavy (non-hydrogen) atoms. The van der Waals surface area contributed by atoms with Crippen molar-refractivity contribution in [2.75, 3.05) is 13.7 Å². The number of oxime groups is 1. The van der Waals surface area contributed by atoms with Gasteiger partial charge in [0, 0.05) is 24.6 Å². The molecule has 1 saturated carbocycles. The van der Waals surface area contributed by atoms with E-state index in [9.17, 15) is 9.18 Å². The van der Waals surface area contributed by atoms with Gasteiger partial charge in [-0.1, -0.05) is 5.16 Å². The number of methoxy groups -OCH3 is 1. The molecule has 2 rings (SSSR count).